The molecule has 1 aliphatic rings. The zero-order valence-corrected chi connectivity index (χ0v) is 21.7. The Kier molecular flexibility index (Phi) is 6.20. The smallest absolute Gasteiger partial charge is 0.274 e. The van der Waals surface area contributed by atoms with E-state index in [1.54, 1.807) is 45.3 Å². The number of nitrogens with two attached hydrogens (primary N) is 1. The Bertz CT molecular complexity index is 1660. The van der Waals surface area contributed by atoms with E-state index in [9.17, 15) is 9.59 Å². The number of aromatic amines is 1. The number of hydrogen-bond acceptors (Lipinski definition) is 7. The number of halogens is 2. The first-order valence-electron chi connectivity index (χ1n) is 11.7. The summed E-state index contributed by atoms with van der Waals surface area (Å²) >= 11 is 13.5. The molecule has 3 N–H and O–H groups in total. The molecular weight excluding hydrogens is 533 g/mol. The van der Waals surface area contributed by atoms with Gasteiger partial charge in [-0.05, 0) is 43.2 Å². The van der Waals surface area contributed by atoms with Crippen LogP contribution in [0.1, 0.15) is 50.6 Å². The van der Waals surface area contributed by atoms with Crippen LogP contribution in [-0.2, 0) is 6.42 Å². The molecule has 6 rings (SSSR count). The molecule has 0 bridgehead atoms. The van der Waals surface area contributed by atoms with Crippen LogP contribution in [0.2, 0.25) is 10.0 Å². The van der Waals surface area contributed by atoms with Crippen LogP contribution in [0.4, 0.5) is 0 Å². The fourth-order valence-electron chi connectivity index (χ4n) is 4.70. The van der Waals surface area contributed by atoms with Crippen molar-refractivity contribution in [2.45, 2.75) is 31.3 Å². The number of aromatic nitrogens is 5. The molecule has 0 radical (unpaired) electrons. The normalized spacial score (nSPS) is 17.8. The van der Waals surface area contributed by atoms with Gasteiger partial charge < -0.3 is 15.0 Å². The van der Waals surface area contributed by atoms with Gasteiger partial charge in [0.05, 0.1) is 16.6 Å². The number of Topliss-reactive ketones (excluding diaryl/α,β-unsaturated/α-hetero) is 1. The van der Waals surface area contributed by atoms with Gasteiger partial charge >= 0.3 is 0 Å². The predicted molar refractivity (Wildman–Crippen MR) is 142 cm³/mol. The Balaban J connectivity index is 1.18. The van der Waals surface area contributed by atoms with Crippen LogP contribution < -0.4 is 5.73 Å². The third kappa shape index (κ3) is 4.61. The molecule has 1 aliphatic heterocycles. The van der Waals surface area contributed by atoms with Crippen molar-refractivity contribution in [1.29, 1.82) is 0 Å². The van der Waals surface area contributed by atoms with E-state index in [1.807, 2.05) is 12.1 Å². The number of amides is 1. The van der Waals surface area contributed by atoms with Crippen LogP contribution in [0, 0.1) is 0 Å². The largest absolute Gasteiger partial charge is 0.326 e. The van der Waals surface area contributed by atoms with Crippen molar-refractivity contribution in [1.82, 2.24) is 29.5 Å². The standard InChI is InChI=1S/C25H21Cl2N7O2S/c26-13-1-3-17-16(7-13)18(32-31-17)4-5-22(35)20-12-37-24(30-20)21-8-15(28)10-34(21)25(36)19-11-33-9-14(27)2-6-23(33)29-19/h1-3,6-7,9,11-12,15,21H,4-5,8,10,28H2,(H,31,32)/t15-,21+/m1/s1. The van der Waals surface area contributed by atoms with Gasteiger partial charge in [-0.2, -0.15) is 5.10 Å². The summed E-state index contributed by atoms with van der Waals surface area (Å²) in [5.74, 6) is -0.310. The Morgan fingerprint density at radius 2 is 1.95 bits per heavy atom. The van der Waals surface area contributed by atoms with Crippen LogP contribution in [0.3, 0.4) is 0 Å². The van der Waals surface area contributed by atoms with Crippen LogP contribution in [0.25, 0.3) is 16.6 Å². The number of nitrogens with one attached hydrogen (secondary N) is 1. The fraction of sp³-hybridized carbons (Fsp3) is 0.240. The van der Waals surface area contributed by atoms with E-state index < -0.39 is 0 Å². The Labute approximate surface area is 225 Å². The number of likely N-dealkylation sites (tertiary alicyclic amines) is 1. The van der Waals surface area contributed by atoms with E-state index in [0.29, 0.717) is 51.5 Å². The van der Waals surface area contributed by atoms with E-state index in [2.05, 4.69) is 20.2 Å². The molecule has 0 spiro atoms. The summed E-state index contributed by atoms with van der Waals surface area (Å²) in [6.45, 7) is 0.385. The first kappa shape index (κ1) is 24.1. The molecule has 12 heteroatoms. The Hall–Kier alpha value is -3.31. The minimum Gasteiger partial charge on any atom is -0.326 e. The van der Waals surface area contributed by atoms with Crippen molar-refractivity contribution in [3.63, 3.8) is 0 Å². The van der Waals surface area contributed by atoms with Gasteiger partial charge in [-0.25, -0.2) is 9.97 Å². The maximum Gasteiger partial charge on any atom is 0.274 e. The molecule has 1 aromatic carbocycles. The lowest BCUT2D eigenvalue weighted by molar-refractivity contribution is 0.0728. The number of carbonyl (C=O) groups excluding carboxylic acids is 2. The van der Waals surface area contributed by atoms with Crippen molar-refractivity contribution in [3.8, 4) is 0 Å². The minimum atomic E-state index is -0.318. The van der Waals surface area contributed by atoms with Crippen LogP contribution in [-0.4, -0.2) is 53.7 Å². The van der Waals surface area contributed by atoms with Crippen molar-refractivity contribution in [2.24, 2.45) is 5.73 Å². The number of benzene rings is 1. The monoisotopic (exact) mass is 553 g/mol. The van der Waals surface area contributed by atoms with E-state index >= 15 is 0 Å². The average Bonchev–Trinajstić information content (AvgIpc) is 3.66. The topological polar surface area (TPSA) is 122 Å². The molecule has 188 valence electrons. The Morgan fingerprint density at radius 3 is 2.81 bits per heavy atom. The van der Waals surface area contributed by atoms with Gasteiger partial charge in [0, 0.05) is 52.9 Å². The van der Waals surface area contributed by atoms with Gasteiger partial charge in [0.1, 0.15) is 22.0 Å². The molecule has 4 aromatic heterocycles. The number of carbonyl (C=O) groups is 2. The number of H-pyrrole nitrogens is 1. The third-order valence-corrected chi connectivity index (χ3v) is 7.92. The van der Waals surface area contributed by atoms with Gasteiger partial charge in [-0.3, -0.25) is 14.7 Å². The second-order valence-corrected chi connectivity index (χ2v) is 10.8. The highest BCUT2D eigenvalue weighted by Gasteiger charge is 2.37. The summed E-state index contributed by atoms with van der Waals surface area (Å²) in [5, 5.41) is 11.8. The van der Waals surface area contributed by atoms with Gasteiger partial charge in [0.25, 0.3) is 5.91 Å². The molecule has 1 fully saturated rings. The van der Waals surface area contributed by atoms with Crippen LogP contribution in [0.15, 0.2) is 48.1 Å². The maximum absolute atomic E-state index is 13.4. The SMILES string of the molecule is N[C@@H]1C[C@@H](c2nc(C(=O)CCc3[nH]nc4ccc(Cl)cc34)cs2)N(C(=O)c2cn3cc(Cl)ccc3n2)C1. The lowest BCUT2D eigenvalue weighted by Crippen LogP contribution is -2.33. The number of hydrogen-bond donors (Lipinski definition) is 2. The summed E-state index contributed by atoms with van der Waals surface area (Å²) < 4.78 is 1.72. The van der Waals surface area contributed by atoms with E-state index in [-0.39, 0.29) is 30.2 Å². The van der Waals surface area contributed by atoms with Crippen molar-refractivity contribution in [3.05, 3.63) is 80.2 Å². The van der Waals surface area contributed by atoms with Crippen LogP contribution in [0.5, 0.6) is 0 Å². The quantitative estimate of drug-likeness (QED) is 0.294. The number of pyridine rings is 1. The zero-order valence-electron chi connectivity index (χ0n) is 19.4. The molecule has 0 aliphatic carbocycles. The number of ketones is 1. The number of rotatable bonds is 6. The highest BCUT2D eigenvalue weighted by atomic mass is 35.5. The fourth-order valence-corrected chi connectivity index (χ4v) is 5.99. The molecule has 9 nitrogen and oxygen atoms in total. The van der Waals surface area contributed by atoms with E-state index in [4.69, 9.17) is 28.9 Å². The first-order chi connectivity index (χ1) is 17.9. The maximum atomic E-state index is 13.4. The van der Waals surface area contributed by atoms with Crippen molar-refractivity contribution < 1.29 is 9.59 Å². The van der Waals surface area contributed by atoms with Gasteiger partial charge in [0.2, 0.25) is 0 Å². The number of fused-ring (bicyclic) bond motifs is 2. The van der Waals surface area contributed by atoms with Crippen LogP contribution >= 0.6 is 34.5 Å². The molecular formula is C25H21Cl2N7O2S. The molecule has 1 saturated heterocycles. The second kappa shape index (κ2) is 9.53. The number of imidazole rings is 1. The van der Waals surface area contributed by atoms with Crippen molar-refractivity contribution >= 4 is 62.8 Å². The second-order valence-electron chi connectivity index (χ2n) is 9.07. The highest BCUT2D eigenvalue weighted by Crippen LogP contribution is 2.35. The summed E-state index contributed by atoms with van der Waals surface area (Å²) in [5.41, 5.74) is 9.22. The summed E-state index contributed by atoms with van der Waals surface area (Å²) in [6.07, 6.45) is 4.68. The van der Waals surface area contributed by atoms with Gasteiger partial charge in [0.15, 0.2) is 5.78 Å². The lowest BCUT2D eigenvalue weighted by Gasteiger charge is -2.21. The molecule has 5 aromatic rings. The molecule has 0 saturated carbocycles. The molecule has 1 amide bonds. The lowest BCUT2D eigenvalue weighted by atomic mass is 10.1. The predicted octanol–water partition coefficient (Wildman–Crippen LogP) is 4.70. The van der Waals surface area contributed by atoms with Crippen molar-refractivity contribution in [2.75, 3.05) is 6.54 Å². The van der Waals surface area contributed by atoms with Gasteiger partial charge in [-0.1, -0.05) is 23.2 Å². The third-order valence-electron chi connectivity index (χ3n) is 6.52. The summed E-state index contributed by atoms with van der Waals surface area (Å²) in [6, 6.07) is 8.44. The first-order valence-corrected chi connectivity index (χ1v) is 13.3. The molecule has 0 unspecified atom stereocenters. The molecule has 37 heavy (non-hydrogen) atoms. The number of thiazole rings is 1. The van der Waals surface area contributed by atoms with E-state index in [0.717, 1.165) is 16.6 Å². The average molecular weight is 554 g/mol. The molecule has 5 heterocycles. The van der Waals surface area contributed by atoms with Gasteiger partial charge in [-0.15, -0.1) is 11.3 Å². The van der Waals surface area contributed by atoms with E-state index in [1.165, 1.54) is 11.3 Å². The number of nitrogens with zero attached hydrogens (tertiary/aromatic N) is 5. The molecule has 2 atom stereocenters. The Morgan fingerprint density at radius 1 is 1.11 bits per heavy atom. The number of aryl methyl sites for hydroxylation is 1. The zero-order chi connectivity index (χ0) is 25.7. The summed E-state index contributed by atoms with van der Waals surface area (Å²) in [7, 11) is 0. The highest BCUT2D eigenvalue weighted by molar-refractivity contribution is 7.09. The summed E-state index contributed by atoms with van der Waals surface area (Å²) in [4.78, 5) is 37.1. The minimum absolute atomic E-state index is 0.0790.